The van der Waals surface area contributed by atoms with Crippen LogP contribution in [0.2, 0.25) is 0 Å². The Labute approximate surface area is 113 Å². The number of imidazole rings is 1. The van der Waals surface area contributed by atoms with Crippen molar-refractivity contribution in [2.75, 3.05) is 19.5 Å². The van der Waals surface area contributed by atoms with E-state index in [0.29, 0.717) is 19.1 Å². The quantitative estimate of drug-likeness (QED) is 0.900. The van der Waals surface area contributed by atoms with Crippen molar-refractivity contribution in [3.63, 3.8) is 0 Å². The molecule has 0 atom stereocenters. The number of aromatic nitrogens is 2. The maximum Gasteiger partial charge on any atom is 0.201 e. The molecule has 19 heavy (non-hydrogen) atoms. The van der Waals surface area contributed by atoms with Crippen LogP contribution in [0.25, 0.3) is 11.0 Å². The molecule has 5 heteroatoms. The Morgan fingerprint density at radius 1 is 1.37 bits per heavy atom. The number of hydrogen-bond acceptors (Lipinski definition) is 4. The van der Waals surface area contributed by atoms with Gasteiger partial charge in [-0.3, -0.25) is 0 Å². The number of nitrogens with zero attached hydrogens (tertiary/aromatic N) is 2. The molecule has 1 heterocycles. The predicted molar refractivity (Wildman–Crippen MR) is 76.4 cm³/mol. The lowest BCUT2D eigenvalue weighted by atomic mass is 10.1. The molecule has 2 rings (SSSR count). The Morgan fingerprint density at radius 3 is 2.74 bits per heavy atom. The molecule has 0 radical (unpaired) electrons. The van der Waals surface area contributed by atoms with E-state index in [1.807, 2.05) is 43.5 Å². The maximum absolute atomic E-state index is 6.00. The normalized spacial score (nSPS) is 12.0. The van der Waals surface area contributed by atoms with Crippen LogP contribution in [-0.4, -0.2) is 28.9 Å². The number of benzene rings is 1. The summed E-state index contributed by atoms with van der Waals surface area (Å²) in [5.41, 5.74) is 7.54. The van der Waals surface area contributed by atoms with E-state index in [1.165, 1.54) is 0 Å². The second-order valence-corrected chi connectivity index (χ2v) is 5.10. The van der Waals surface area contributed by atoms with Crippen LogP contribution < -0.4 is 10.5 Å². The number of methoxy groups -OCH3 is 1. The number of fused-ring (bicyclic) bond motifs is 1. The number of ether oxygens (including phenoxy) is 2. The summed E-state index contributed by atoms with van der Waals surface area (Å²) in [4.78, 5) is 4.36. The first kappa shape index (κ1) is 13.7. The second kappa shape index (κ2) is 5.09. The molecule has 104 valence electrons. The van der Waals surface area contributed by atoms with Crippen LogP contribution in [-0.2, 0) is 11.3 Å². The fourth-order valence-electron chi connectivity index (χ4n) is 2.23. The van der Waals surface area contributed by atoms with Crippen molar-refractivity contribution in [3.05, 3.63) is 18.2 Å². The molecule has 0 saturated carbocycles. The molecule has 0 fully saturated rings. The van der Waals surface area contributed by atoms with E-state index in [0.717, 1.165) is 16.8 Å². The number of nitrogens with two attached hydrogens (primary N) is 1. The highest BCUT2D eigenvalue weighted by Gasteiger charge is 2.21. The zero-order valence-corrected chi connectivity index (χ0v) is 11.9. The molecule has 0 saturated heterocycles. The molecule has 0 aliphatic heterocycles. The zero-order chi connectivity index (χ0) is 14.0. The minimum atomic E-state index is -0.292. The molecule has 5 nitrogen and oxygen atoms in total. The van der Waals surface area contributed by atoms with Crippen LogP contribution in [0.15, 0.2) is 18.2 Å². The number of hydrogen-bond donors (Lipinski definition) is 1. The van der Waals surface area contributed by atoms with E-state index < -0.39 is 0 Å². The monoisotopic (exact) mass is 263 g/mol. The fourth-order valence-corrected chi connectivity index (χ4v) is 2.23. The third kappa shape index (κ3) is 2.81. The highest BCUT2D eigenvalue weighted by molar-refractivity contribution is 5.79. The van der Waals surface area contributed by atoms with Crippen LogP contribution in [0, 0.1) is 0 Å². The fraction of sp³-hybridized carbons (Fsp3) is 0.500. The Balaban J connectivity index is 2.44. The lowest BCUT2D eigenvalue weighted by Gasteiger charge is -2.25. The summed E-state index contributed by atoms with van der Waals surface area (Å²) in [5, 5.41) is 0. The van der Waals surface area contributed by atoms with Gasteiger partial charge in [0, 0.05) is 12.7 Å². The first-order valence-electron chi connectivity index (χ1n) is 6.40. The molecular weight excluding hydrogens is 242 g/mol. The maximum atomic E-state index is 6.00. The molecular formula is C14H21N3O2. The minimum absolute atomic E-state index is 0.292. The van der Waals surface area contributed by atoms with Gasteiger partial charge in [-0.05, 0) is 32.9 Å². The summed E-state index contributed by atoms with van der Waals surface area (Å²) in [7, 11) is 1.65. The summed E-state index contributed by atoms with van der Waals surface area (Å²) in [5.74, 6) is 1.29. The van der Waals surface area contributed by atoms with Crippen molar-refractivity contribution >= 4 is 17.0 Å². The Hall–Kier alpha value is -1.75. The summed E-state index contributed by atoms with van der Waals surface area (Å²) < 4.78 is 12.9. The third-order valence-electron chi connectivity index (χ3n) is 3.06. The molecule has 0 amide bonds. The number of nitrogen functional groups attached to an aromatic ring is 1. The largest absolute Gasteiger partial charge is 0.497 e. The highest BCUT2D eigenvalue weighted by atomic mass is 16.5. The molecule has 2 N–H and O–H groups in total. The van der Waals surface area contributed by atoms with Crippen LogP contribution >= 0.6 is 0 Å². The average molecular weight is 263 g/mol. The molecule has 2 aromatic rings. The van der Waals surface area contributed by atoms with Gasteiger partial charge in [0.25, 0.3) is 0 Å². The molecule has 0 aliphatic carbocycles. The highest BCUT2D eigenvalue weighted by Crippen LogP contribution is 2.25. The summed E-state index contributed by atoms with van der Waals surface area (Å²) in [6, 6.07) is 5.74. The third-order valence-corrected chi connectivity index (χ3v) is 3.06. The number of rotatable bonds is 5. The van der Waals surface area contributed by atoms with E-state index in [-0.39, 0.29) is 5.60 Å². The van der Waals surface area contributed by atoms with Crippen molar-refractivity contribution in [1.82, 2.24) is 9.55 Å². The van der Waals surface area contributed by atoms with Gasteiger partial charge in [0.05, 0.1) is 30.3 Å². The van der Waals surface area contributed by atoms with E-state index in [1.54, 1.807) is 7.11 Å². The van der Waals surface area contributed by atoms with Gasteiger partial charge < -0.3 is 19.8 Å². The van der Waals surface area contributed by atoms with Crippen molar-refractivity contribution in [2.24, 2.45) is 0 Å². The topological polar surface area (TPSA) is 62.3 Å². The molecule has 0 bridgehead atoms. The molecule has 0 aliphatic rings. The molecule has 1 aromatic carbocycles. The van der Waals surface area contributed by atoms with E-state index in [2.05, 4.69) is 4.98 Å². The Bertz CT molecular complexity index is 575. The van der Waals surface area contributed by atoms with Crippen LogP contribution in [0.1, 0.15) is 20.8 Å². The van der Waals surface area contributed by atoms with Gasteiger partial charge >= 0.3 is 0 Å². The van der Waals surface area contributed by atoms with Crippen LogP contribution in [0.3, 0.4) is 0 Å². The smallest absolute Gasteiger partial charge is 0.201 e. The molecule has 0 unspecified atom stereocenters. The summed E-state index contributed by atoms with van der Waals surface area (Å²) in [6.45, 7) is 7.39. The van der Waals surface area contributed by atoms with Gasteiger partial charge in [-0.1, -0.05) is 0 Å². The van der Waals surface area contributed by atoms with Crippen LogP contribution in [0.5, 0.6) is 5.75 Å². The SMILES string of the molecule is CCOC(C)(C)Cn1c(N)nc2ccc(OC)cc21. The number of anilines is 1. The predicted octanol–water partition coefficient (Wildman–Crippen LogP) is 2.44. The van der Waals surface area contributed by atoms with Gasteiger partial charge in [-0.15, -0.1) is 0 Å². The van der Waals surface area contributed by atoms with E-state index in [9.17, 15) is 0 Å². The first-order valence-corrected chi connectivity index (χ1v) is 6.40. The standard InChI is InChI=1S/C14H21N3O2/c1-5-19-14(2,3)9-17-12-8-10(18-4)6-7-11(12)16-13(17)15/h6-8H,5,9H2,1-4H3,(H2,15,16). The van der Waals surface area contributed by atoms with Crippen molar-refractivity contribution in [2.45, 2.75) is 32.9 Å². The lowest BCUT2D eigenvalue weighted by Crippen LogP contribution is -2.31. The van der Waals surface area contributed by atoms with Crippen molar-refractivity contribution < 1.29 is 9.47 Å². The van der Waals surface area contributed by atoms with Gasteiger partial charge in [-0.2, -0.15) is 0 Å². The van der Waals surface area contributed by atoms with Crippen molar-refractivity contribution in [3.8, 4) is 5.75 Å². The lowest BCUT2D eigenvalue weighted by molar-refractivity contribution is -0.0212. The first-order chi connectivity index (χ1) is 8.96. The van der Waals surface area contributed by atoms with Crippen molar-refractivity contribution in [1.29, 1.82) is 0 Å². The second-order valence-electron chi connectivity index (χ2n) is 5.10. The molecule has 0 spiro atoms. The van der Waals surface area contributed by atoms with E-state index >= 15 is 0 Å². The summed E-state index contributed by atoms with van der Waals surface area (Å²) >= 11 is 0. The zero-order valence-electron chi connectivity index (χ0n) is 11.9. The van der Waals surface area contributed by atoms with E-state index in [4.69, 9.17) is 15.2 Å². The summed E-state index contributed by atoms with van der Waals surface area (Å²) in [6.07, 6.45) is 0. The minimum Gasteiger partial charge on any atom is -0.497 e. The average Bonchev–Trinajstić information content (AvgIpc) is 2.65. The van der Waals surface area contributed by atoms with Gasteiger partial charge in [0.15, 0.2) is 0 Å². The Morgan fingerprint density at radius 2 is 2.11 bits per heavy atom. The van der Waals surface area contributed by atoms with Gasteiger partial charge in [-0.25, -0.2) is 4.98 Å². The molecule has 1 aromatic heterocycles. The van der Waals surface area contributed by atoms with Gasteiger partial charge in [0.2, 0.25) is 5.95 Å². The van der Waals surface area contributed by atoms with Crippen LogP contribution in [0.4, 0.5) is 5.95 Å². The van der Waals surface area contributed by atoms with Gasteiger partial charge in [0.1, 0.15) is 5.75 Å². The Kier molecular flexibility index (Phi) is 3.66.